The maximum absolute atomic E-state index is 12.6. The molecule has 1 aliphatic heterocycles. The van der Waals surface area contributed by atoms with E-state index in [4.69, 9.17) is 9.47 Å². The molecule has 126 valence electrons. The van der Waals surface area contributed by atoms with E-state index in [0.717, 1.165) is 0 Å². The zero-order valence-electron chi connectivity index (χ0n) is 13.3. The van der Waals surface area contributed by atoms with E-state index in [9.17, 15) is 9.59 Å². The van der Waals surface area contributed by atoms with Gasteiger partial charge in [-0.2, -0.15) is 0 Å². The fraction of sp³-hybridized carbons (Fsp3) is 0.312. The van der Waals surface area contributed by atoms with Crippen LogP contribution in [0.15, 0.2) is 40.4 Å². The van der Waals surface area contributed by atoms with Crippen molar-refractivity contribution >= 4 is 23.4 Å². The zero-order valence-corrected chi connectivity index (χ0v) is 14.1. The monoisotopic (exact) mass is 347 g/mol. The zero-order chi connectivity index (χ0) is 17.1. The third kappa shape index (κ3) is 3.23. The summed E-state index contributed by atoms with van der Waals surface area (Å²) in [5.41, 5.74) is 0.389. The van der Waals surface area contributed by atoms with Gasteiger partial charge in [0.2, 0.25) is 5.91 Å². The molecule has 8 heteroatoms. The van der Waals surface area contributed by atoms with Crippen molar-refractivity contribution in [3.8, 4) is 11.5 Å². The van der Waals surface area contributed by atoms with Crippen molar-refractivity contribution in [1.29, 1.82) is 0 Å². The molecular formula is C16H17N3O4S. The molecule has 3 rings (SSSR count). The van der Waals surface area contributed by atoms with Gasteiger partial charge in [0.25, 0.3) is 5.56 Å². The van der Waals surface area contributed by atoms with Gasteiger partial charge in [-0.05, 0) is 12.1 Å². The lowest BCUT2D eigenvalue weighted by Crippen LogP contribution is -2.36. The molecule has 1 N–H and O–H groups in total. The largest absolute Gasteiger partial charge is 0.497 e. The Bertz CT molecular complexity index is 821. The van der Waals surface area contributed by atoms with Crippen molar-refractivity contribution in [1.82, 2.24) is 9.55 Å². The molecule has 0 saturated heterocycles. The second kappa shape index (κ2) is 6.96. The van der Waals surface area contributed by atoms with Crippen molar-refractivity contribution in [3.63, 3.8) is 0 Å². The Morgan fingerprint density at radius 2 is 2.17 bits per heavy atom. The molecule has 0 aliphatic carbocycles. The minimum absolute atomic E-state index is 0.149. The Labute approximate surface area is 143 Å². The highest BCUT2D eigenvalue weighted by Crippen LogP contribution is 2.31. The van der Waals surface area contributed by atoms with Crippen LogP contribution in [-0.2, 0) is 11.3 Å². The first-order valence-corrected chi connectivity index (χ1v) is 8.32. The van der Waals surface area contributed by atoms with Crippen molar-refractivity contribution in [3.05, 3.63) is 40.8 Å². The SMILES string of the molecule is COc1ccc(OC)c(NC(=O)C2CSc3nccc(=O)n3C2)c1. The molecule has 1 aliphatic rings. The first-order chi connectivity index (χ1) is 11.6. The van der Waals surface area contributed by atoms with Crippen LogP contribution in [0.25, 0.3) is 0 Å². The second-order valence-corrected chi connectivity index (χ2v) is 6.23. The van der Waals surface area contributed by atoms with E-state index in [2.05, 4.69) is 10.3 Å². The average molecular weight is 347 g/mol. The average Bonchev–Trinajstić information content (AvgIpc) is 2.61. The number of rotatable bonds is 4. The number of nitrogens with zero attached hydrogens (tertiary/aromatic N) is 2. The lowest BCUT2D eigenvalue weighted by molar-refractivity contribution is -0.119. The molecule has 1 unspecified atom stereocenters. The van der Waals surface area contributed by atoms with Crippen LogP contribution in [0.4, 0.5) is 5.69 Å². The van der Waals surface area contributed by atoms with E-state index in [1.54, 1.807) is 25.3 Å². The summed E-state index contributed by atoms with van der Waals surface area (Å²) in [6, 6.07) is 6.59. The second-order valence-electron chi connectivity index (χ2n) is 5.24. The number of amides is 1. The highest BCUT2D eigenvalue weighted by Gasteiger charge is 2.27. The number of ether oxygens (including phenoxy) is 2. The van der Waals surface area contributed by atoms with Crippen LogP contribution in [0, 0.1) is 5.92 Å². The number of thioether (sulfide) groups is 1. The summed E-state index contributed by atoms with van der Waals surface area (Å²) in [6.45, 7) is 0.313. The van der Waals surface area contributed by atoms with E-state index in [-0.39, 0.29) is 17.4 Å². The summed E-state index contributed by atoms with van der Waals surface area (Å²) >= 11 is 1.40. The number of hydrogen-bond donors (Lipinski definition) is 1. The fourth-order valence-corrected chi connectivity index (χ4v) is 3.52. The third-order valence-corrected chi connectivity index (χ3v) is 4.90. The van der Waals surface area contributed by atoms with Gasteiger partial charge in [-0.15, -0.1) is 0 Å². The van der Waals surface area contributed by atoms with Gasteiger partial charge in [0, 0.05) is 30.6 Å². The van der Waals surface area contributed by atoms with Gasteiger partial charge >= 0.3 is 0 Å². The van der Waals surface area contributed by atoms with Gasteiger partial charge in [-0.3, -0.25) is 14.2 Å². The number of methoxy groups -OCH3 is 2. The molecule has 24 heavy (non-hydrogen) atoms. The van der Waals surface area contributed by atoms with E-state index in [1.165, 1.54) is 35.7 Å². The van der Waals surface area contributed by atoms with Crippen molar-refractivity contribution in [2.45, 2.75) is 11.7 Å². The maximum atomic E-state index is 12.6. The number of fused-ring (bicyclic) bond motifs is 1. The molecule has 0 spiro atoms. The predicted octanol–water partition coefficient (Wildman–Crippen LogP) is 1.62. The first kappa shape index (κ1) is 16.4. The van der Waals surface area contributed by atoms with Gasteiger partial charge in [0.15, 0.2) is 5.16 Å². The molecule has 7 nitrogen and oxygen atoms in total. The smallest absolute Gasteiger partial charge is 0.254 e. The Kier molecular flexibility index (Phi) is 4.75. The molecular weight excluding hydrogens is 330 g/mol. The highest BCUT2D eigenvalue weighted by molar-refractivity contribution is 7.99. The van der Waals surface area contributed by atoms with Crippen LogP contribution in [0.2, 0.25) is 0 Å². The quantitative estimate of drug-likeness (QED) is 0.847. The minimum atomic E-state index is -0.333. The molecule has 0 radical (unpaired) electrons. The normalized spacial score (nSPS) is 16.2. The molecule has 1 aromatic heterocycles. The summed E-state index contributed by atoms with van der Waals surface area (Å²) in [7, 11) is 3.09. The molecule has 0 bridgehead atoms. The van der Waals surface area contributed by atoms with Gasteiger partial charge < -0.3 is 14.8 Å². The molecule has 1 atom stereocenters. The number of benzene rings is 1. The van der Waals surface area contributed by atoms with E-state index in [1.807, 2.05) is 0 Å². The lowest BCUT2D eigenvalue weighted by atomic mass is 10.1. The van der Waals surface area contributed by atoms with Gasteiger partial charge in [-0.25, -0.2) is 4.98 Å². The van der Waals surface area contributed by atoms with Crippen LogP contribution >= 0.6 is 11.8 Å². The third-order valence-electron chi connectivity index (χ3n) is 3.75. The summed E-state index contributed by atoms with van der Waals surface area (Å²) < 4.78 is 12.0. The standard InChI is InChI=1S/C16H17N3O4S/c1-22-11-3-4-13(23-2)12(7-11)18-15(21)10-8-19-14(20)5-6-17-16(19)24-9-10/h3-7,10H,8-9H2,1-2H3,(H,18,21). The Hall–Kier alpha value is -2.48. The van der Waals surface area contributed by atoms with Crippen LogP contribution in [0.5, 0.6) is 11.5 Å². The molecule has 2 heterocycles. The van der Waals surface area contributed by atoms with Crippen LogP contribution < -0.4 is 20.3 Å². The van der Waals surface area contributed by atoms with Gasteiger partial charge in [0.1, 0.15) is 11.5 Å². The molecule has 1 aromatic carbocycles. The summed E-state index contributed by atoms with van der Waals surface area (Å²) in [4.78, 5) is 28.7. The topological polar surface area (TPSA) is 82.5 Å². The Morgan fingerprint density at radius 1 is 1.33 bits per heavy atom. The summed E-state index contributed by atoms with van der Waals surface area (Å²) in [5, 5.41) is 3.51. The summed E-state index contributed by atoms with van der Waals surface area (Å²) in [6.07, 6.45) is 1.49. The minimum Gasteiger partial charge on any atom is -0.497 e. The Morgan fingerprint density at radius 3 is 2.92 bits per heavy atom. The van der Waals surface area contributed by atoms with Crippen LogP contribution in [0.3, 0.4) is 0 Å². The lowest BCUT2D eigenvalue weighted by Gasteiger charge is -2.24. The number of nitrogens with one attached hydrogen (secondary N) is 1. The van der Waals surface area contributed by atoms with Crippen molar-refractivity contribution in [2.75, 3.05) is 25.3 Å². The van der Waals surface area contributed by atoms with Crippen LogP contribution in [0.1, 0.15) is 0 Å². The van der Waals surface area contributed by atoms with Gasteiger partial charge in [-0.1, -0.05) is 11.8 Å². The van der Waals surface area contributed by atoms with Crippen LogP contribution in [-0.4, -0.2) is 35.4 Å². The van der Waals surface area contributed by atoms with E-state index in [0.29, 0.717) is 34.6 Å². The molecule has 2 aromatic rings. The number of carbonyl (C=O) groups is 1. The number of anilines is 1. The Balaban J connectivity index is 1.79. The number of carbonyl (C=O) groups excluding carboxylic acids is 1. The van der Waals surface area contributed by atoms with Gasteiger partial charge in [0.05, 0.1) is 25.8 Å². The number of aromatic nitrogens is 2. The fourth-order valence-electron chi connectivity index (χ4n) is 2.46. The molecule has 0 saturated carbocycles. The van der Waals surface area contributed by atoms with E-state index >= 15 is 0 Å². The highest BCUT2D eigenvalue weighted by atomic mass is 32.2. The predicted molar refractivity (Wildman–Crippen MR) is 90.9 cm³/mol. The first-order valence-electron chi connectivity index (χ1n) is 7.34. The maximum Gasteiger partial charge on any atom is 0.254 e. The molecule has 0 fully saturated rings. The van der Waals surface area contributed by atoms with E-state index < -0.39 is 0 Å². The number of hydrogen-bond acceptors (Lipinski definition) is 6. The molecule has 1 amide bonds. The summed E-state index contributed by atoms with van der Waals surface area (Å²) in [5.74, 6) is 1.23. The van der Waals surface area contributed by atoms with Crippen molar-refractivity contribution in [2.24, 2.45) is 5.92 Å². The van der Waals surface area contributed by atoms with Crippen molar-refractivity contribution < 1.29 is 14.3 Å².